The fourth-order valence-corrected chi connectivity index (χ4v) is 1.68. The Hall–Kier alpha value is -2.25. The van der Waals surface area contributed by atoms with Gasteiger partial charge in [0.25, 0.3) is 5.91 Å². The normalized spacial score (nSPS) is 12.6. The first-order valence-electron chi connectivity index (χ1n) is 6.22. The summed E-state index contributed by atoms with van der Waals surface area (Å²) in [6.45, 7) is 3.51. The van der Waals surface area contributed by atoms with Gasteiger partial charge in [0.2, 0.25) is 5.91 Å². The van der Waals surface area contributed by atoms with Crippen molar-refractivity contribution in [2.45, 2.75) is 26.1 Å². The van der Waals surface area contributed by atoms with Gasteiger partial charge < -0.3 is 16.4 Å². The van der Waals surface area contributed by atoms with Crippen LogP contribution in [0, 0.1) is 0 Å². The maximum absolute atomic E-state index is 12.7. The van der Waals surface area contributed by atoms with Crippen LogP contribution in [-0.2, 0) is 11.0 Å². The molecule has 0 heterocycles. The van der Waals surface area contributed by atoms with E-state index in [0.29, 0.717) is 6.54 Å². The molecule has 0 radical (unpaired) electrons. The number of benzene rings is 1. The molecular formula is C13H16F3N3O2. The first-order chi connectivity index (χ1) is 9.68. The highest BCUT2D eigenvalue weighted by molar-refractivity contribution is 6.01. The lowest BCUT2D eigenvalue weighted by Gasteiger charge is -2.16. The van der Waals surface area contributed by atoms with Crippen molar-refractivity contribution in [3.63, 3.8) is 0 Å². The Morgan fingerprint density at radius 1 is 1.33 bits per heavy atom. The average Bonchev–Trinajstić information content (AvgIpc) is 2.37. The minimum Gasteiger partial charge on any atom is -0.398 e. The third kappa shape index (κ3) is 4.11. The second-order valence-corrected chi connectivity index (χ2v) is 4.35. The molecule has 0 saturated carbocycles. The molecule has 0 aliphatic carbocycles. The summed E-state index contributed by atoms with van der Waals surface area (Å²) in [7, 11) is 0. The molecule has 1 unspecified atom stereocenters. The van der Waals surface area contributed by atoms with Crippen LogP contribution in [0.4, 0.5) is 18.9 Å². The van der Waals surface area contributed by atoms with Crippen LogP contribution < -0.4 is 16.4 Å². The molecule has 1 aromatic rings. The molecule has 5 nitrogen and oxygen atoms in total. The lowest BCUT2D eigenvalue weighted by molar-refractivity contribution is -0.137. The third-order valence-corrected chi connectivity index (χ3v) is 2.75. The molecule has 2 amide bonds. The SMILES string of the molecule is CCNC(=O)C(C)NC(=O)c1cccc(C(F)(F)F)c1N. The van der Waals surface area contributed by atoms with Crippen molar-refractivity contribution < 1.29 is 22.8 Å². The number of carbonyl (C=O) groups is 2. The standard InChI is InChI=1S/C13H16F3N3O2/c1-3-18-11(20)7(2)19-12(21)8-5-4-6-9(10(8)17)13(14,15)16/h4-7H,3,17H2,1-2H3,(H,18,20)(H,19,21). The highest BCUT2D eigenvalue weighted by Crippen LogP contribution is 2.34. The Bertz CT molecular complexity index is 544. The van der Waals surface area contributed by atoms with Gasteiger partial charge in [0.05, 0.1) is 16.8 Å². The van der Waals surface area contributed by atoms with Crippen LogP contribution >= 0.6 is 0 Å². The van der Waals surface area contributed by atoms with Gasteiger partial charge in [-0.2, -0.15) is 13.2 Å². The smallest absolute Gasteiger partial charge is 0.398 e. The monoisotopic (exact) mass is 303 g/mol. The largest absolute Gasteiger partial charge is 0.418 e. The number of anilines is 1. The molecule has 116 valence electrons. The average molecular weight is 303 g/mol. The molecule has 0 spiro atoms. The van der Waals surface area contributed by atoms with Gasteiger partial charge in [-0.1, -0.05) is 6.07 Å². The summed E-state index contributed by atoms with van der Waals surface area (Å²) in [4.78, 5) is 23.4. The van der Waals surface area contributed by atoms with Gasteiger partial charge in [-0.05, 0) is 26.0 Å². The summed E-state index contributed by atoms with van der Waals surface area (Å²) in [6, 6.07) is 2.17. The van der Waals surface area contributed by atoms with E-state index in [9.17, 15) is 22.8 Å². The number of hydrogen-bond acceptors (Lipinski definition) is 3. The topological polar surface area (TPSA) is 84.2 Å². The Kier molecular flexibility index (Phi) is 5.17. The van der Waals surface area contributed by atoms with Gasteiger partial charge in [0.1, 0.15) is 6.04 Å². The predicted octanol–water partition coefficient (Wildman–Crippen LogP) is 1.54. The number of nitrogens with one attached hydrogen (secondary N) is 2. The number of likely N-dealkylation sites (N-methyl/N-ethyl adjacent to an activating group) is 1. The molecule has 1 rings (SSSR count). The maximum Gasteiger partial charge on any atom is 0.418 e. The van der Waals surface area contributed by atoms with Crippen LogP contribution in [0.3, 0.4) is 0 Å². The number of amides is 2. The Labute approximate surface area is 119 Å². The number of carbonyl (C=O) groups excluding carboxylic acids is 2. The van der Waals surface area contributed by atoms with Crippen molar-refractivity contribution in [1.29, 1.82) is 0 Å². The van der Waals surface area contributed by atoms with Crippen molar-refractivity contribution in [2.75, 3.05) is 12.3 Å². The van der Waals surface area contributed by atoms with E-state index >= 15 is 0 Å². The quantitative estimate of drug-likeness (QED) is 0.738. The third-order valence-electron chi connectivity index (χ3n) is 2.75. The van der Waals surface area contributed by atoms with Gasteiger partial charge in [0, 0.05) is 6.54 Å². The Morgan fingerprint density at radius 2 is 1.95 bits per heavy atom. The molecule has 8 heteroatoms. The van der Waals surface area contributed by atoms with E-state index in [0.717, 1.165) is 12.1 Å². The molecule has 4 N–H and O–H groups in total. The number of nitrogen functional groups attached to an aromatic ring is 1. The molecular weight excluding hydrogens is 287 g/mol. The molecule has 0 aliphatic heterocycles. The summed E-state index contributed by atoms with van der Waals surface area (Å²) in [5, 5.41) is 4.79. The fourth-order valence-electron chi connectivity index (χ4n) is 1.68. The van der Waals surface area contributed by atoms with E-state index in [4.69, 9.17) is 5.73 Å². The number of para-hydroxylation sites is 1. The van der Waals surface area contributed by atoms with Crippen LogP contribution in [0.2, 0.25) is 0 Å². The number of nitrogens with two attached hydrogens (primary N) is 1. The van der Waals surface area contributed by atoms with Crippen molar-refractivity contribution in [1.82, 2.24) is 10.6 Å². The number of rotatable bonds is 4. The Balaban J connectivity index is 2.96. The Morgan fingerprint density at radius 3 is 2.48 bits per heavy atom. The zero-order chi connectivity index (χ0) is 16.2. The molecule has 0 aliphatic rings. The van der Waals surface area contributed by atoms with Gasteiger partial charge in [-0.3, -0.25) is 9.59 Å². The van der Waals surface area contributed by atoms with E-state index in [-0.39, 0.29) is 5.56 Å². The highest BCUT2D eigenvalue weighted by Gasteiger charge is 2.34. The first kappa shape index (κ1) is 16.8. The zero-order valence-electron chi connectivity index (χ0n) is 11.5. The van der Waals surface area contributed by atoms with Gasteiger partial charge in [-0.15, -0.1) is 0 Å². The van der Waals surface area contributed by atoms with E-state index in [1.807, 2.05) is 0 Å². The molecule has 0 bridgehead atoms. The van der Waals surface area contributed by atoms with Crippen molar-refractivity contribution in [2.24, 2.45) is 0 Å². The molecule has 21 heavy (non-hydrogen) atoms. The van der Waals surface area contributed by atoms with Crippen LogP contribution in [0.1, 0.15) is 29.8 Å². The molecule has 1 aromatic carbocycles. The molecule has 0 saturated heterocycles. The summed E-state index contributed by atoms with van der Waals surface area (Å²) in [5.41, 5.74) is 3.34. The number of hydrogen-bond donors (Lipinski definition) is 3. The summed E-state index contributed by atoms with van der Waals surface area (Å²) >= 11 is 0. The van der Waals surface area contributed by atoms with Crippen molar-refractivity contribution in [3.8, 4) is 0 Å². The summed E-state index contributed by atoms with van der Waals surface area (Å²) < 4.78 is 38.1. The zero-order valence-corrected chi connectivity index (χ0v) is 11.5. The number of alkyl halides is 3. The van der Waals surface area contributed by atoms with Crippen molar-refractivity contribution in [3.05, 3.63) is 29.3 Å². The van der Waals surface area contributed by atoms with Crippen LogP contribution in [0.5, 0.6) is 0 Å². The predicted molar refractivity (Wildman–Crippen MR) is 71.5 cm³/mol. The first-order valence-corrected chi connectivity index (χ1v) is 6.22. The van der Waals surface area contributed by atoms with E-state index in [1.165, 1.54) is 13.0 Å². The van der Waals surface area contributed by atoms with Gasteiger partial charge >= 0.3 is 6.18 Å². The van der Waals surface area contributed by atoms with Crippen LogP contribution in [0.25, 0.3) is 0 Å². The fraction of sp³-hybridized carbons (Fsp3) is 0.385. The maximum atomic E-state index is 12.7. The lowest BCUT2D eigenvalue weighted by Crippen LogP contribution is -2.44. The lowest BCUT2D eigenvalue weighted by atomic mass is 10.1. The second kappa shape index (κ2) is 6.47. The van der Waals surface area contributed by atoms with Gasteiger partial charge in [0.15, 0.2) is 0 Å². The molecule has 0 fully saturated rings. The second-order valence-electron chi connectivity index (χ2n) is 4.35. The van der Waals surface area contributed by atoms with E-state index in [1.54, 1.807) is 6.92 Å². The van der Waals surface area contributed by atoms with E-state index < -0.39 is 35.3 Å². The minimum atomic E-state index is -4.65. The minimum absolute atomic E-state index is 0.319. The van der Waals surface area contributed by atoms with Crippen molar-refractivity contribution >= 4 is 17.5 Å². The molecule has 1 atom stereocenters. The summed E-state index contributed by atoms with van der Waals surface area (Å²) in [6.07, 6.45) is -4.65. The van der Waals surface area contributed by atoms with Crippen LogP contribution in [-0.4, -0.2) is 24.4 Å². The summed E-state index contributed by atoms with van der Waals surface area (Å²) in [5.74, 6) is -1.27. The number of halogens is 3. The van der Waals surface area contributed by atoms with Gasteiger partial charge in [-0.25, -0.2) is 0 Å². The highest BCUT2D eigenvalue weighted by atomic mass is 19.4. The molecule has 0 aromatic heterocycles. The van der Waals surface area contributed by atoms with Crippen LogP contribution in [0.15, 0.2) is 18.2 Å². The van der Waals surface area contributed by atoms with E-state index in [2.05, 4.69) is 10.6 Å².